The second-order valence-corrected chi connectivity index (χ2v) is 6.63. The number of piperidine rings is 1. The van der Waals surface area contributed by atoms with E-state index in [1.165, 1.54) is 0 Å². The molecule has 5 nitrogen and oxygen atoms in total. The van der Waals surface area contributed by atoms with Crippen LogP contribution in [0, 0.1) is 13.8 Å². The molecular weight excluding hydrogens is 336 g/mol. The van der Waals surface area contributed by atoms with Crippen LogP contribution in [0.3, 0.4) is 0 Å². The van der Waals surface area contributed by atoms with Crippen LogP contribution in [0.25, 0.3) is 5.69 Å². The molecule has 136 valence electrons. The lowest BCUT2D eigenvalue weighted by Gasteiger charge is -2.30. The summed E-state index contributed by atoms with van der Waals surface area (Å²) in [5.41, 5.74) is 3.99. The maximum atomic E-state index is 12.5. The van der Waals surface area contributed by atoms with Crippen LogP contribution >= 0.6 is 12.4 Å². The number of aryl methyl sites for hydroxylation is 1. The van der Waals surface area contributed by atoms with Crippen LogP contribution in [-0.4, -0.2) is 34.3 Å². The fraction of sp³-hybridized carbons (Fsp3) is 0.474. The number of carbonyl (C=O) groups is 1. The molecule has 1 aliphatic rings. The Hall–Kier alpha value is -1.85. The Kier molecular flexibility index (Phi) is 6.62. The van der Waals surface area contributed by atoms with Crippen molar-refractivity contribution >= 4 is 18.3 Å². The molecule has 2 aromatic rings. The minimum absolute atomic E-state index is 0. The molecule has 1 aromatic heterocycles. The summed E-state index contributed by atoms with van der Waals surface area (Å²) < 4.78 is 1.92. The molecule has 0 saturated carbocycles. The smallest absolute Gasteiger partial charge is 0.224 e. The van der Waals surface area contributed by atoms with Crippen molar-refractivity contribution in [3.63, 3.8) is 0 Å². The first-order valence-corrected chi connectivity index (χ1v) is 8.69. The van der Waals surface area contributed by atoms with E-state index < -0.39 is 0 Å². The lowest BCUT2D eigenvalue weighted by Crippen LogP contribution is -2.52. The molecule has 2 heterocycles. The van der Waals surface area contributed by atoms with E-state index in [0.29, 0.717) is 12.5 Å². The minimum Gasteiger partial charge on any atom is -0.352 e. The average molecular weight is 363 g/mol. The molecule has 0 spiro atoms. The topological polar surface area (TPSA) is 59.0 Å². The number of amides is 1. The van der Waals surface area contributed by atoms with Gasteiger partial charge >= 0.3 is 0 Å². The van der Waals surface area contributed by atoms with Crippen LogP contribution in [0.1, 0.15) is 36.7 Å². The Morgan fingerprint density at radius 2 is 2.04 bits per heavy atom. The molecule has 2 N–H and O–H groups in total. The van der Waals surface area contributed by atoms with Gasteiger partial charge in [0, 0.05) is 23.3 Å². The summed E-state index contributed by atoms with van der Waals surface area (Å²) in [6.07, 6.45) is 2.54. The first-order chi connectivity index (χ1) is 11.6. The highest BCUT2D eigenvalue weighted by Crippen LogP contribution is 2.18. The molecule has 0 bridgehead atoms. The molecule has 2 unspecified atom stereocenters. The molecule has 0 radical (unpaired) electrons. The summed E-state index contributed by atoms with van der Waals surface area (Å²) >= 11 is 0. The molecule has 1 aliphatic heterocycles. The van der Waals surface area contributed by atoms with E-state index in [0.717, 1.165) is 42.0 Å². The van der Waals surface area contributed by atoms with Crippen molar-refractivity contribution in [3.05, 3.63) is 47.3 Å². The largest absolute Gasteiger partial charge is 0.352 e. The van der Waals surface area contributed by atoms with Crippen LogP contribution in [0.15, 0.2) is 30.3 Å². The Balaban J connectivity index is 0.00000225. The van der Waals surface area contributed by atoms with E-state index in [9.17, 15) is 4.79 Å². The summed E-state index contributed by atoms with van der Waals surface area (Å²) in [5.74, 6) is 0.0781. The number of nitrogens with one attached hydrogen (secondary N) is 2. The van der Waals surface area contributed by atoms with Gasteiger partial charge in [0.2, 0.25) is 5.91 Å². The summed E-state index contributed by atoms with van der Waals surface area (Å²) in [6.45, 7) is 7.17. The van der Waals surface area contributed by atoms with Crippen LogP contribution in [0.2, 0.25) is 0 Å². The second kappa shape index (κ2) is 8.50. The zero-order valence-corrected chi connectivity index (χ0v) is 15.9. The molecule has 0 aliphatic carbocycles. The lowest BCUT2D eigenvalue weighted by atomic mass is 9.99. The predicted molar refractivity (Wildman–Crippen MR) is 103 cm³/mol. The van der Waals surface area contributed by atoms with Crippen LogP contribution in [-0.2, 0) is 11.2 Å². The number of nitrogens with zero attached hydrogens (tertiary/aromatic N) is 2. The molecular formula is C19H27ClN4O. The van der Waals surface area contributed by atoms with Gasteiger partial charge in [0.25, 0.3) is 0 Å². The molecule has 1 aromatic carbocycles. The van der Waals surface area contributed by atoms with E-state index in [2.05, 4.69) is 22.7 Å². The van der Waals surface area contributed by atoms with Crippen molar-refractivity contribution in [3.8, 4) is 5.69 Å². The van der Waals surface area contributed by atoms with E-state index >= 15 is 0 Å². The van der Waals surface area contributed by atoms with Crippen molar-refractivity contribution in [2.75, 3.05) is 6.54 Å². The molecule has 1 amide bonds. The number of aromatic nitrogens is 2. The highest BCUT2D eigenvalue weighted by atomic mass is 35.5. The third kappa shape index (κ3) is 4.41. The van der Waals surface area contributed by atoms with Crippen molar-refractivity contribution in [1.82, 2.24) is 20.4 Å². The van der Waals surface area contributed by atoms with Gasteiger partial charge in [-0.15, -0.1) is 12.4 Å². The van der Waals surface area contributed by atoms with Crippen molar-refractivity contribution < 1.29 is 4.79 Å². The number of hydrogen-bond acceptors (Lipinski definition) is 3. The van der Waals surface area contributed by atoms with Gasteiger partial charge in [-0.05, 0) is 52.3 Å². The van der Waals surface area contributed by atoms with Crippen molar-refractivity contribution in [2.24, 2.45) is 0 Å². The Labute approximate surface area is 155 Å². The summed E-state index contributed by atoms with van der Waals surface area (Å²) in [5, 5.41) is 11.2. The van der Waals surface area contributed by atoms with E-state index in [1.54, 1.807) is 0 Å². The maximum absolute atomic E-state index is 12.5. The highest BCUT2D eigenvalue weighted by molar-refractivity contribution is 5.85. The fourth-order valence-electron chi connectivity index (χ4n) is 3.41. The minimum atomic E-state index is 0. The predicted octanol–water partition coefficient (Wildman–Crippen LogP) is 2.71. The van der Waals surface area contributed by atoms with Gasteiger partial charge in [-0.25, -0.2) is 4.68 Å². The highest BCUT2D eigenvalue weighted by Gasteiger charge is 2.23. The number of benzene rings is 1. The molecule has 2 atom stereocenters. The third-order valence-electron chi connectivity index (χ3n) is 4.89. The number of para-hydroxylation sites is 1. The van der Waals surface area contributed by atoms with Crippen LogP contribution in [0.5, 0.6) is 0 Å². The Morgan fingerprint density at radius 3 is 2.72 bits per heavy atom. The van der Waals surface area contributed by atoms with E-state index in [-0.39, 0.29) is 24.4 Å². The van der Waals surface area contributed by atoms with Gasteiger partial charge in [0.05, 0.1) is 17.8 Å². The zero-order valence-electron chi connectivity index (χ0n) is 15.1. The summed E-state index contributed by atoms with van der Waals surface area (Å²) in [6, 6.07) is 10.6. The zero-order chi connectivity index (χ0) is 17.1. The second-order valence-electron chi connectivity index (χ2n) is 6.63. The van der Waals surface area contributed by atoms with Gasteiger partial charge in [-0.2, -0.15) is 5.10 Å². The average Bonchev–Trinajstić information content (AvgIpc) is 2.86. The molecule has 6 heteroatoms. The number of hydrogen-bond donors (Lipinski definition) is 2. The number of carbonyl (C=O) groups excluding carboxylic acids is 1. The standard InChI is InChI=1S/C19H26N4O.ClH/c1-13-17(12-19(24)21-18-10-7-11-20-14(18)2)15(3)23(22-13)16-8-5-4-6-9-16;/h4-6,8-9,14,18,20H,7,10-12H2,1-3H3,(H,21,24);1H. The quantitative estimate of drug-likeness (QED) is 0.879. The first-order valence-electron chi connectivity index (χ1n) is 8.69. The van der Waals surface area contributed by atoms with Crippen molar-refractivity contribution in [2.45, 2.75) is 52.1 Å². The Bertz CT molecular complexity index is 714. The molecule has 25 heavy (non-hydrogen) atoms. The van der Waals surface area contributed by atoms with Gasteiger partial charge in [-0.1, -0.05) is 18.2 Å². The molecule has 3 rings (SSSR count). The maximum Gasteiger partial charge on any atom is 0.224 e. The summed E-state index contributed by atoms with van der Waals surface area (Å²) in [7, 11) is 0. The van der Waals surface area contributed by atoms with Gasteiger partial charge in [-0.3, -0.25) is 4.79 Å². The SMILES string of the molecule is Cc1nn(-c2ccccc2)c(C)c1CC(=O)NC1CCCNC1C.Cl. The fourth-order valence-corrected chi connectivity index (χ4v) is 3.41. The normalized spacial score (nSPS) is 20.0. The molecule has 1 saturated heterocycles. The number of halogens is 1. The number of rotatable bonds is 4. The summed E-state index contributed by atoms with van der Waals surface area (Å²) in [4.78, 5) is 12.5. The molecule has 1 fully saturated rings. The van der Waals surface area contributed by atoms with Crippen LogP contribution in [0.4, 0.5) is 0 Å². The van der Waals surface area contributed by atoms with Gasteiger partial charge in [0.15, 0.2) is 0 Å². The lowest BCUT2D eigenvalue weighted by molar-refractivity contribution is -0.121. The van der Waals surface area contributed by atoms with Crippen LogP contribution < -0.4 is 10.6 Å². The Morgan fingerprint density at radius 1 is 1.32 bits per heavy atom. The van der Waals surface area contributed by atoms with E-state index in [4.69, 9.17) is 0 Å². The van der Waals surface area contributed by atoms with E-state index in [1.807, 2.05) is 48.9 Å². The first kappa shape index (κ1) is 19.5. The monoisotopic (exact) mass is 362 g/mol. The van der Waals surface area contributed by atoms with Gasteiger partial charge in [0.1, 0.15) is 0 Å². The van der Waals surface area contributed by atoms with Gasteiger partial charge < -0.3 is 10.6 Å². The third-order valence-corrected chi connectivity index (χ3v) is 4.89. The van der Waals surface area contributed by atoms with Crippen molar-refractivity contribution in [1.29, 1.82) is 0 Å².